The van der Waals surface area contributed by atoms with Gasteiger partial charge < -0.3 is 10.5 Å². The lowest BCUT2D eigenvalue weighted by Gasteiger charge is -2.03. The van der Waals surface area contributed by atoms with E-state index < -0.39 is 5.97 Å². The molecule has 2 heterocycles. The van der Waals surface area contributed by atoms with Crippen molar-refractivity contribution in [3.63, 3.8) is 0 Å². The van der Waals surface area contributed by atoms with Crippen LogP contribution in [0.3, 0.4) is 0 Å². The van der Waals surface area contributed by atoms with Crippen molar-refractivity contribution in [2.75, 3.05) is 12.8 Å². The van der Waals surface area contributed by atoms with E-state index in [0.717, 1.165) is 0 Å². The Morgan fingerprint density at radius 3 is 2.87 bits per heavy atom. The smallest absolute Gasteiger partial charge is 0.340 e. The van der Waals surface area contributed by atoms with E-state index in [1.807, 2.05) is 0 Å². The van der Waals surface area contributed by atoms with Crippen LogP contribution in [0.2, 0.25) is 0 Å². The van der Waals surface area contributed by atoms with Gasteiger partial charge in [-0.25, -0.2) is 14.8 Å². The molecule has 0 aliphatic heterocycles. The quantitative estimate of drug-likeness (QED) is 0.676. The Bertz CT molecular complexity index is 527. The van der Waals surface area contributed by atoms with E-state index in [0.29, 0.717) is 16.6 Å². The minimum Gasteiger partial charge on any atom is -0.465 e. The molecule has 6 heteroatoms. The number of methoxy groups -OCH3 is 1. The molecule has 0 saturated carbocycles. The molecule has 0 fully saturated rings. The highest BCUT2D eigenvalue weighted by Gasteiger charge is 2.13. The first-order valence-electron chi connectivity index (χ1n) is 4.17. The third kappa shape index (κ3) is 1.45. The highest BCUT2D eigenvalue weighted by molar-refractivity contribution is 6.03. The van der Waals surface area contributed by atoms with E-state index in [9.17, 15) is 4.79 Å². The summed E-state index contributed by atoms with van der Waals surface area (Å²) < 4.78 is 4.62. The molecule has 2 N–H and O–H groups in total. The summed E-state index contributed by atoms with van der Waals surface area (Å²) in [5.41, 5.74) is 6.73. The molecule has 0 atom stereocenters. The normalized spacial score (nSPS) is 10.2. The minimum absolute atomic E-state index is 0.241. The van der Waals surface area contributed by atoms with Crippen LogP contribution >= 0.6 is 0 Å². The van der Waals surface area contributed by atoms with Gasteiger partial charge in [0.1, 0.15) is 17.4 Å². The van der Waals surface area contributed by atoms with Crippen molar-refractivity contribution in [1.82, 2.24) is 15.0 Å². The fraction of sp³-hybridized carbons (Fsp3) is 0.111. The molecule has 15 heavy (non-hydrogen) atoms. The predicted molar refractivity (Wildman–Crippen MR) is 53.1 cm³/mol. The van der Waals surface area contributed by atoms with Crippen molar-refractivity contribution in [3.05, 3.63) is 24.2 Å². The third-order valence-electron chi connectivity index (χ3n) is 1.96. The summed E-state index contributed by atoms with van der Waals surface area (Å²) in [6, 6.07) is 1.53. The molecular weight excluding hydrogens is 196 g/mol. The largest absolute Gasteiger partial charge is 0.465 e. The highest BCUT2D eigenvalue weighted by atomic mass is 16.5. The summed E-state index contributed by atoms with van der Waals surface area (Å²) in [7, 11) is 1.30. The maximum atomic E-state index is 11.4. The summed E-state index contributed by atoms with van der Waals surface area (Å²) in [6.45, 7) is 0. The number of rotatable bonds is 1. The van der Waals surface area contributed by atoms with Gasteiger partial charge in [-0.2, -0.15) is 0 Å². The van der Waals surface area contributed by atoms with Crippen molar-refractivity contribution in [1.29, 1.82) is 0 Å². The zero-order valence-electron chi connectivity index (χ0n) is 7.97. The number of fused-ring (bicyclic) bond motifs is 1. The number of esters is 1. The fourth-order valence-corrected chi connectivity index (χ4v) is 1.26. The zero-order chi connectivity index (χ0) is 10.8. The summed E-state index contributed by atoms with van der Waals surface area (Å²) in [5.74, 6) is -0.230. The molecule has 2 aromatic heterocycles. The van der Waals surface area contributed by atoms with Crippen LogP contribution in [0.15, 0.2) is 18.6 Å². The highest BCUT2D eigenvalue weighted by Crippen LogP contribution is 2.17. The number of hydrogen-bond donors (Lipinski definition) is 1. The van der Waals surface area contributed by atoms with Crippen LogP contribution in [0.4, 0.5) is 5.82 Å². The molecule has 0 aliphatic carbocycles. The van der Waals surface area contributed by atoms with Gasteiger partial charge in [-0.1, -0.05) is 0 Å². The molecule has 0 radical (unpaired) electrons. The second-order valence-electron chi connectivity index (χ2n) is 2.81. The van der Waals surface area contributed by atoms with Crippen LogP contribution in [-0.4, -0.2) is 28.0 Å². The van der Waals surface area contributed by atoms with E-state index in [-0.39, 0.29) is 5.82 Å². The number of nitrogens with two attached hydrogens (primary N) is 1. The van der Waals surface area contributed by atoms with Gasteiger partial charge in [-0.15, -0.1) is 0 Å². The van der Waals surface area contributed by atoms with Gasteiger partial charge in [0.25, 0.3) is 0 Å². The summed E-state index contributed by atoms with van der Waals surface area (Å²) in [6.07, 6.45) is 2.75. The third-order valence-corrected chi connectivity index (χ3v) is 1.96. The van der Waals surface area contributed by atoms with Gasteiger partial charge in [0, 0.05) is 6.20 Å². The number of anilines is 1. The number of nitrogens with zero attached hydrogens (tertiary/aromatic N) is 3. The monoisotopic (exact) mass is 204 g/mol. The molecule has 2 rings (SSSR count). The molecule has 0 unspecified atom stereocenters. The van der Waals surface area contributed by atoms with Gasteiger partial charge in [-0.05, 0) is 6.07 Å². The molecule has 0 aromatic carbocycles. The summed E-state index contributed by atoms with van der Waals surface area (Å²) in [5, 5.41) is 0. The molecule has 6 nitrogen and oxygen atoms in total. The Morgan fingerprint density at radius 1 is 1.33 bits per heavy atom. The number of aromatic nitrogens is 3. The molecule has 0 spiro atoms. The van der Waals surface area contributed by atoms with Crippen LogP contribution in [0, 0.1) is 0 Å². The Labute approximate surface area is 85.1 Å². The number of carbonyl (C=O) groups is 1. The first-order valence-corrected chi connectivity index (χ1v) is 4.17. The van der Waals surface area contributed by atoms with Crippen LogP contribution in [0.25, 0.3) is 11.0 Å². The fourth-order valence-electron chi connectivity index (χ4n) is 1.26. The lowest BCUT2D eigenvalue weighted by Crippen LogP contribution is -2.05. The lowest BCUT2D eigenvalue weighted by atomic mass is 10.2. The van der Waals surface area contributed by atoms with Gasteiger partial charge in [0.2, 0.25) is 0 Å². The van der Waals surface area contributed by atoms with Crippen molar-refractivity contribution in [2.45, 2.75) is 0 Å². The number of hydrogen-bond acceptors (Lipinski definition) is 6. The Kier molecular flexibility index (Phi) is 2.17. The molecule has 2 aromatic rings. The lowest BCUT2D eigenvalue weighted by molar-refractivity contribution is 0.0602. The Hall–Kier alpha value is -2.24. The van der Waals surface area contributed by atoms with Crippen molar-refractivity contribution >= 4 is 22.8 Å². The topological polar surface area (TPSA) is 91.0 Å². The van der Waals surface area contributed by atoms with Gasteiger partial charge in [0.05, 0.1) is 12.7 Å². The average Bonchev–Trinajstić information content (AvgIpc) is 2.28. The SMILES string of the molecule is COC(=O)c1ccnc2c(N)ncnc12. The summed E-state index contributed by atoms with van der Waals surface area (Å²) >= 11 is 0. The van der Waals surface area contributed by atoms with Crippen LogP contribution in [0.5, 0.6) is 0 Å². The van der Waals surface area contributed by atoms with Crippen molar-refractivity contribution < 1.29 is 9.53 Å². The molecule has 0 saturated heterocycles. The summed E-state index contributed by atoms with van der Waals surface area (Å²) in [4.78, 5) is 23.1. The second kappa shape index (κ2) is 3.49. The molecule has 0 amide bonds. The molecule has 0 aliphatic rings. The standard InChI is InChI=1S/C9H8N4O2/c1-15-9(14)5-2-3-11-7-6(5)12-4-13-8(7)10/h2-4H,1H3,(H2,10,12,13). The van der Waals surface area contributed by atoms with Gasteiger partial charge in [-0.3, -0.25) is 4.98 Å². The van der Waals surface area contributed by atoms with E-state index in [1.165, 1.54) is 25.7 Å². The van der Waals surface area contributed by atoms with Crippen molar-refractivity contribution in [3.8, 4) is 0 Å². The van der Waals surface area contributed by atoms with Crippen LogP contribution < -0.4 is 5.73 Å². The number of carbonyl (C=O) groups excluding carboxylic acids is 1. The minimum atomic E-state index is -0.472. The van der Waals surface area contributed by atoms with E-state index >= 15 is 0 Å². The maximum Gasteiger partial charge on any atom is 0.340 e. The average molecular weight is 204 g/mol. The first-order chi connectivity index (χ1) is 7.24. The number of pyridine rings is 1. The van der Waals surface area contributed by atoms with Crippen LogP contribution in [-0.2, 0) is 4.74 Å². The first kappa shape index (κ1) is 9.32. The van der Waals surface area contributed by atoms with E-state index in [2.05, 4.69) is 19.7 Å². The van der Waals surface area contributed by atoms with Crippen molar-refractivity contribution in [2.24, 2.45) is 0 Å². The van der Waals surface area contributed by atoms with E-state index in [1.54, 1.807) is 0 Å². The zero-order valence-corrected chi connectivity index (χ0v) is 7.97. The molecular formula is C9H8N4O2. The second-order valence-corrected chi connectivity index (χ2v) is 2.81. The molecule has 76 valence electrons. The molecule has 0 bridgehead atoms. The maximum absolute atomic E-state index is 11.4. The van der Waals surface area contributed by atoms with Gasteiger partial charge >= 0.3 is 5.97 Å². The Morgan fingerprint density at radius 2 is 2.13 bits per heavy atom. The number of ether oxygens (including phenoxy) is 1. The Balaban J connectivity index is 2.77. The van der Waals surface area contributed by atoms with Crippen LogP contribution in [0.1, 0.15) is 10.4 Å². The predicted octanol–water partition coefficient (Wildman–Crippen LogP) is 0.394. The van der Waals surface area contributed by atoms with Gasteiger partial charge in [0.15, 0.2) is 5.82 Å². The van der Waals surface area contributed by atoms with E-state index in [4.69, 9.17) is 5.73 Å². The number of nitrogen functional groups attached to an aromatic ring is 1.